The highest BCUT2D eigenvalue weighted by molar-refractivity contribution is 5.84. The van der Waals surface area contributed by atoms with Gasteiger partial charge in [0.25, 0.3) is 0 Å². The Balaban J connectivity index is 1.24. The van der Waals surface area contributed by atoms with E-state index >= 15 is 0 Å². The molecule has 6 aliphatic rings. The van der Waals surface area contributed by atoms with E-state index in [1.54, 1.807) is 6.92 Å². The second kappa shape index (κ2) is 12.6. The van der Waals surface area contributed by atoms with Gasteiger partial charge < -0.3 is 25.4 Å². The van der Waals surface area contributed by atoms with E-state index < -0.39 is 18.2 Å². The molecule has 1 aromatic rings. The van der Waals surface area contributed by atoms with Gasteiger partial charge in [-0.15, -0.1) is 5.10 Å². The van der Waals surface area contributed by atoms with Gasteiger partial charge in [-0.1, -0.05) is 26.0 Å². The summed E-state index contributed by atoms with van der Waals surface area (Å²) < 4.78 is 7.50. The van der Waals surface area contributed by atoms with Gasteiger partial charge in [0.15, 0.2) is 0 Å². The molecule has 0 saturated carbocycles. The fraction of sp³-hybridized carbons (Fsp3) is 0.839. The predicted molar refractivity (Wildman–Crippen MR) is 162 cm³/mol. The summed E-state index contributed by atoms with van der Waals surface area (Å²) in [6, 6.07) is -1.07. The number of likely N-dealkylation sites (tertiary alicyclic amines) is 1. The minimum absolute atomic E-state index is 0.0194. The zero-order chi connectivity index (χ0) is 31.2. The summed E-state index contributed by atoms with van der Waals surface area (Å²) in [6.45, 7) is 12.0. The van der Waals surface area contributed by atoms with Crippen molar-refractivity contribution in [1.29, 1.82) is 0 Å². The summed E-state index contributed by atoms with van der Waals surface area (Å²) in [5, 5.41) is 25.9. The number of aliphatic hydroxyl groups is 1. The van der Waals surface area contributed by atoms with Crippen LogP contribution in [-0.4, -0.2) is 134 Å². The van der Waals surface area contributed by atoms with Crippen LogP contribution < -0.4 is 10.6 Å². The third-order valence-electron chi connectivity index (χ3n) is 10.5. The topological polar surface area (TPSA) is 145 Å². The van der Waals surface area contributed by atoms with Gasteiger partial charge in [-0.3, -0.25) is 24.2 Å². The number of amides is 3. The lowest BCUT2D eigenvalue weighted by Crippen LogP contribution is -2.56. The molecule has 44 heavy (non-hydrogen) atoms. The van der Waals surface area contributed by atoms with Crippen molar-refractivity contribution in [2.45, 2.75) is 126 Å². The SMILES string of the molecule is C[C@@H]1NC(=O)[C@@H]2C[C@H](n3cc(C(C)(C)C)nn3)CN2C2CCN(CC2)C(=O)[C@@H]2C[C@H](CN2C2CCOCC2)NC(=O)C[C@@H]1O. The fourth-order valence-corrected chi connectivity index (χ4v) is 7.82. The lowest BCUT2D eigenvalue weighted by Gasteiger charge is -2.41. The third-order valence-corrected chi connectivity index (χ3v) is 10.5. The maximum Gasteiger partial charge on any atom is 0.240 e. The lowest BCUT2D eigenvalue weighted by atomic mass is 9.93. The summed E-state index contributed by atoms with van der Waals surface area (Å²) in [5.74, 6) is -0.280. The van der Waals surface area contributed by atoms with Crippen molar-refractivity contribution in [3.63, 3.8) is 0 Å². The van der Waals surface area contributed by atoms with Crippen LogP contribution >= 0.6 is 0 Å². The number of nitrogens with one attached hydrogen (secondary N) is 2. The maximum absolute atomic E-state index is 14.0. The number of carbonyl (C=O) groups is 3. The Hall–Kier alpha value is -2.61. The van der Waals surface area contributed by atoms with Gasteiger partial charge in [0.1, 0.15) is 0 Å². The molecule has 6 fully saturated rings. The minimum Gasteiger partial charge on any atom is -0.390 e. The van der Waals surface area contributed by atoms with Gasteiger partial charge in [0, 0.05) is 69.1 Å². The van der Waals surface area contributed by atoms with Crippen molar-refractivity contribution in [3.05, 3.63) is 11.9 Å². The van der Waals surface area contributed by atoms with E-state index in [0.29, 0.717) is 52.2 Å². The predicted octanol–water partition coefficient (Wildman–Crippen LogP) is 0.189. The van der Waals surface area contributed by atoms with Crippen LogP contribution in [0.15, 0.2) is 6.20 Å². The number of hydrogen-bond acceptors (Lipinski definition) is 9. The van der Waals surface area contributed by atoms with Crippen LogP contribution in [0.25, 0.3) is 0 Å². The normalized spacial score (nSPS) is 35.4. The van der Waals surface area contributed by atoms with Gasteiger partial charge >= 0.3 is 0 Å². The molecular formula is C31H50N8O5. The summed E-state index contributed by atoms with van der Waals surface area (Å²) in [4.78, 5) is 47.4. The first-order valence-corrected chi connectivity index (χ1v) is 16.6. The summed E-state index contributed by atoms with van der Waals surface area (Å²) >= 11 is 0. The van der Waals surface area contributed by atoms with E-state index in [4.69, 9.17) is 4.74 Å². The van der Waals surface area contributed by atoms with Crippen LogP contribution in [0.3, 0.4) is 0 Å². The Bertz CT molecular complexity index is 1200. The van der Waals surface area contributed by atoms with E-state index in [1.165, 1.54) is 0 Å². The Morgan fingerprint density at radius 3 is 2.27 bits per heavy atom. The number of carbonyl (C=O) groups excluding carboxylic acids is 3. The number of rotatable bonds is 2. The molecule has 3 amide bonds. The van der Waals surface area contributed by atoms with E-state index in [1.807, 2.05) is 15.8 Å². The van der Waals surface area contributed by atoms with Crippen molar-refractivity contribution in [2.24, 2.45) is 0 Å². The van der Waals surface area contributed by atoms with Crippen LogP contribution in [-0.2, 0) is 24.5 Å². The van der Waals surface area contributed by atoms with Gasteiger partial charge in [-0.05, 0) is 45.4 Å². The third kappa shape index (κ3) is 6.52. The van der Waals surface area contributed by atoms with E-state index in [2.05, 4.69) is 51.5 Å². The smallest absolute Gasteiger partial charge is 0.240 e. The average Bonchev–Trinajstić information content (AvgIpc) is 3.75. The number of aliphatic hydroxyl groups excluding tert-OH is 1. The highest BCUT2D eigenvalue weighted by Gasteiger charge is 2.46. The van der Waals surface area contributed by atoms with Crippen molar-refractivity contribution in [2.75, 3.05) is 39.4 Å². The van der Waals surface area contributed by atoms with E-state index in [-0.39, 0.29) is 59.8 Å². The molecule has 1 aromatic heterocycles. The summed E-state index contributed by atoms with van der Waals surface area (Å²) in [5.41, 5.74) is 0.775. The van der Waals surface area contributed by atoms with E-state index in [9.17, 15) is 19.5 Å². The van der Waals surface area contributed by atoms with Crippen LogP contribution in [0.2, 0.25) is 0 Å². The number of ether oxygens (including phenoxy) is 1. The van der Waals surface area contributed by atoms with Crippen molar-refractivity contribution >= 4 is 17.7 Å². The van der Waals surface area contributed by atoms with E-state index in [0.717, 1.165) is 31.4 Å². The first-order valence-electron chi connectivity index (χ1n) is 16.6. The molecule has 6 atom stereocenters. The molecule has 0 aliphatic carbocycles. The maximum atomic E-state index is 14.0. The molecule has 7 heterocycles. The Morgan fingerprint density at radius 1 is 0.909 bits per heavy atom. The molecule has 13 nitrogen and oxygen atoms in total. The van der Waals surface area contributed by atoms with Crippen molar-refractivity contribution in [1.82, 2.24) is 40.3 Å². The number of aromatic nitrogens is 3. The Morgan fingerprint density at radius 2 is 1.59 bits per heavy atom. The van der Waals surface area contributed by atoms with Crippen LogP contribution in [0.4, 0.5) is 0 Å². The Kier molecular flexibility index (Phi) is 9.02. The van der Waals surface area contributed by atoms with Gasteiger partial charge in [-0.2, -0.15) is 0 Å². The molecule has 0 radical (unpaired) electrons. The zero-order valence-corrected chi connectivity index (χ0v) is 26.7. The standard InChI is InChI=1S/C31H50N8O5/c1-19-26(40)15-28(41)33-20-13-25(37(16-20)22-7-11-44-12-8-22)30(43)36-9-5-21(6-10-36)38-17-23(14-24(38)29(42)32-19)39-18-27(34-35-39)31(2,3)4/h18-26,40H,5-17H2,1-4H3,(H,32,42)(H,33,41)/t19-,20+,23-,24-,25-,26-/m0/s1. The fourth-order valence-electron chi connectivity index (χ4n) is 7.82. The molecule has 3 N–H and O–H groups in total. The van der Waals surface area contributed by atoms with Gasteiger partial charge in [0.05, 0.1) is 42.4 Å². The van der Waals surface area contributed by atoms with Gasteiger partial charge in [0.2, 0.25) is 17.7 Å². The monoisotopic (exact) mass is 614 g/mol. The molecule has 6 aliphatic heterocycles. The molecule has 7 rings (SSSR count). The summed E-state index contributed by atoms with van der Waals surface area (Å²) in [6.07, 6.45) is 5.31. The number of fused-ring (bicyclic) bond motifs is 8. The second-order valence-electron chi connectivity index (χ2n) is 14.6. The lowest BCUT2D eigenvalue weighted by molar-refractivity contribution is -0.139. The molecule has 6 saturated heterocycles. The number of hydrogen-bond donors (Lipinski definition) is 3. The largest absolute Gasteiger partial charge is 0.390 e. The first-order chi connectivity index (χ1) is 21.0. The summed E-state index contributed by atoms with van der Waals surface area (Å²) in [7, 11) is 0. The van der Waals surface area contributed by atoms with Crippen LogP contribution in [0.1, 0.15) is 84.4 Å². The average molecular weight is 615 g/mol. The molecule has 244 valence electrons. The molecule has 0 spiro atoms. The quantitative estimate of drug-likeness (QED) is 0.425. The number of piperidine rings is 1. The van der Waals surface area contributed by atoms with Gasteiger partial charge in [-0.25, -0.2) is 4.68 Å². The second-order valence-corrected chi connectivity index (χ2v) is 14.6. The molecular weight excluding hydrogens is 564 g/mol. The minimum atomic E-state index is -1.03. The molecule has 0 unspecified atom stereocenters. The molecule has 0 aromatic carbocycles. The first kappa shape index (κ1) is 31.4. The van der Waals surface area contributed by atoms with Crippen LogP contribution in [0.5, 0.6) is 0 Å². The molecule has 13 heteroatoms. The van der Waals surface area contributed by atoms with Crippen LogP contribution in [0, 0.1) is 0 Å². The van der Waals surface area contributed by atoms with Crippen molar-refractivity contribution in [3.8, 4) is 0 Å². The highest BCUT2D eigenvalue weighted by Crippen LogP contribution is 2.34. The van der Waals surface area contributed by atoms with Crippen molar-refractivity contribution < 1.29 is 24.2 Å². The number of nitrogens with zero attached hydrogens (tertiary/aromatic N) is 6. The zero-order valence-electron chi connectivity index (χ0n) is 26.7. The Labute approximate surface area is 260 Å². The molecule has 4 bridgehead atoms. The highest BCUT2D eigenvalue weighted by atomic mass is 16.5.